The zero-order valence-electron chi connectivity index (χ0n) is 9.75. The summed E-state index contributed by atoms with van der Waals surface area (Å²) in [5.74, 6) is 0. The second-order valence-electron chi connectivity index (χ2n) is 5.53. The lowest BCUT2D eigenvalue weighted by Crippen LogP contribution is -2.22. The van der Waals surface area contributed by atoms with E-state index in [1.54, 1.807) is 0 Å². The second kappa shape index (κ2) is 3.54. The molecule has 2 rings (SSSR count). The molecule has 1 aliphatic heterocycles. The van der Waals surface area contributed by atoms with Crippen molar-refractivity contribution in [2.75, 3.05) is 0 Å². The molecule has 1 aromatic rings. The molecule has 15 heavy (non-hydrogen) atoms. The summed E-state index contributed by atoms with van der Waals surface area (Å²) in [6.45, 7) is 7.72. The summed E-state index contributed by atoms with van der Waals surface area (Å²) in [5.41, 5.74) is 2.69. The standard InChI is InChI=1S/C11H20N2P2/c1-10(2,3)8-7-9-11(14,15)5-4-6-13(9)12-8/h7H,4-6,14-15H2,1-3H3. The molecule has 0 amide bonds. The van der Waals surface area contributed by atoms with E-state index in [2.05, 4.69) is 50.0 Å². The van der Waals surface area contributed by atoms with E-state index in [0.29, 0.717) is 0 Å². The van der Waals surface area contributed by atoms with Crippen molar-refractivity contribution >= 4 is 18.5 Å². The molecule has 0 radical (unpaired) electrons. The van der Waals surface area contributed by atoms with Gasteiger partial charge in [-0.1, -0.05) is 20.8 Å². The van der Waals surface area contributed by atoms with Gasteiger partial charge in [-0.3, -0.25) is 4.68 Å². The zero-order valence-corrected chi connectivity index (χ0v) is 12.1. The number of hydrogen-bond donors (Lipinski definition) is 0. The Balaban J connectivity index is 2.47. The van der Waals surface area contributed by atoms with Crippen LogP contribution < -0.4 is 0 Å². The lowest BCUT2D eigenvalue weighted by atomic mass is 9.92. The Kier molecular flexibility index (Phi) is 2.72. The van der Waals surface area contributed by atoms with Crippen LogP contribution in [0.25, 0.3) is 0 Å². The number of fused-ring (bicyclic) bond motifs is 1. The molecule has 2 atom stereocenters. The summed E-state index contributed by atoms with van der Waals surface area (Å²) < 4.78 is 2.17. The van der Waals surface area contributed by atoms with Gasteiger partial charge in [0.05, 0.1) is 11.4 Å². The highest BCUT2D eigenvalue weighted by Crippen LogP contribution is 2.46. The monoisotopic (exact) mass is 242 g/mol. The van der Waals surface area contributed by atoms with Crippen LogP contribution in [-0.2, 0) is 16.9 Å². The SMILES string of the molecule is CC(C)(C)c1cc2n(n1)CCCC2(P)P. The molecule has 0 saturated heterocycles. The Morgan fingerprint density at radius 1 is 1.40 bits per heavy atom. The van der Waals surface area contributed by atoms with Gasteiger partial charge in [-0.05, 0) is 18.9 Å². The second-order valence-corrected chi connectivity index (χ2v) is 8.26. The van der Waals surface area contributed by atoms with Crippen LogP contribution in [0.3, 0.4) is 0 Å². The molecule has 0 saturated carbocycles. The number of aryl methyl sites for hydroxylation is 1. The molecule has 2 nitrogen and oxygen atoms in total. The van der Waals surface area contributed by atoms with Gasteiger partial charge in [-0.25, -0.2) is 0 Å². The summed E-state index contributed by atoms with van der Waals surface area (Å²) in [4.78, 5) is 0.134. The van der Waals surface area contributed by atoms with E-state index in [0.717, 1.165) is 6.54 Å². The van der Waals surface area contributed by atoms with Gasteiger partial charge >= 0.3 is 0 Å². The Labute approximate surface area is 96.6 Å². The van der Waals surface area contributed by atoms with Crippen LogP contribution in [0.1, 0.15) is 45.0 Å². The Hall–Kier alpha value is 0.0700. The molecule has 84 valence electrons. The normalized spacial score (nSPS) is 20.1. The van der Waals surface area contributed by atoms with Gasteiger partial charge in [-0.2, -0.15) is 5.10 Å². The summed E-state index contributed by atoms with van der Waals surface area (Å²) in [7, 11) is 5.90. The molecule has 2 unspecified atom stereocenters. The van der Waals surface area contributed by atoms with Gasteiger partial charge < -0.3 is 0 Å². The minimum absolute atomic E-state index is 0.134. The van der Waals surface area contributed by atoms with Gasteiger partial charge in [0.2, 0.25) is 0 Å². The summed E-state index contributed by atoms with van der Waals surface area (Å²) in [5, 5.41) is 4.71. The van der Waals surface area contributed by atoms with E-state index in [9.17, 15) is 0 Å². The average Bonchev–Trinajstić information content (AvgIpc) is 2.47. The fraction of sp³-hybridized carbons (Fsp3) is 0.727. The maximum absolute atomic E-state index is 4.71. The molecular formula is C11H20N2P2. The predicted octanol–water partition coefficient (Wildman–Crippen LogP) is 2.88. The van der Waals surface area contributed by atoms with E-state index in [1.807, 2.05) is 0 Å². The lowest BCUT2D eigenvalue weighted by Gasteiger charge is -2.29. The smallest absolute Gasteiger partial charge is 0.0681 e. The fourth-order valence-corrected chi connectivity index (χ4v) is 2.85. The third kappa shape index (κ3) is 2.12. The van der Waals surface area contributed by atoms with Gasteiger partial charge in [-0.15, -0.1) is 18.5 Å². The minimum atomic E-state index is 0.134. The van der Waals surface area contributed by atoms with Gasteiger partial charge in [0.25, 0.3) is 0 Å². The molecule has 0 fully saturated rings. The van der Waals surface area contributed by atoms with Crippen LogP contribution in [0.2, 0.25) is 0 Å². The first-order valence-corrected chi connectivity index (χ1v) is 6.63. The van der Waals surface area contributed by atoms with Crippen LogP contribution in [0.5, 0.6) is 0 Å². The molecular weight excluding hydrogens is 222 g/mol. The van der Waals surface area contributed by atoms with Crippen molar-refractivity contribution in [2.24, 2.45) is 0 Å². The van der Waals surface area contributed by atoms with E-state index < -0.39 is 0 Å². The van der Waals surface area contributed by atoms with Gasteiger partial charge in [0.15, 0.2) is 0 Å². The van der Waals surface area contributed by atoms with Crippen molar-refractivity contribution in [3.05, 3.63) is 17.5 Å². The predicted molar refractivity (Wildman–Crippen MR) is 71.3 cm³/mol. The zero-order chi connectivity index (χ0) is 11.3. The molecule has 0 N–H and O–H groups in total. The number of hydrogen-bond acceptors (Lipinski definition) is 1. The minimum Gasteiger partial charge on any atom is -0.268 e. The van der Waals surface area contributed by atoms with Crippen molar-refractivity contribution in [1.82, 2.24) is 9.78 Å². The van der Waals surface area contributed by atoms with E-state index in [-0.39, 0.29) is 10.3 Å². The lowest BCUT2D eigenvalue weighted by molar-refractivity contribution is 0.452. The number of rotatable bonds is 0. The maximum Gasteiger partial charge on any atom is 0.0681 e. The van der Waals surface area contributed by atoms with Crippen molar-refractivity contribution in [3.8, 4) is 0 Å². The van der Waals surface area contributed by atoms with E-state index in [1.165, 1.54) is 24.2 Å². The largest absolute Gasteiger partial charge is 0.268 e. The third-order valence-corrected chi connectivity index (χ3v) is 4.15. The first-order chi connectivity index (χ1) is 6.81. The third-order valence-electron chi connectivity index (χ3n) is 2.99. The summed E-state index contributed by atoms with van der Waals surface area (Å²) >= 11 is 0. The fourth-order valence-electron chi connectivity index (χ4n) is 1.98. The van der Waals surface area contributed by atoms with Gasteiger partial charge in [0, 0.05) is 16.9 Å². The number of nitrogens with zero attached hydrogens (tertiary/aromatic N) is 2. The Bertz CT molecular complexity index is 374. The molecule has 1 aliphatic rings. The number of aromatic nitrogens is 2. The molecule has 2 heterocycles. The van der Waals surface area contributed by atoms with Crippen molar-refractivity contribution < 1.29 is 0 Å². The van der Waals surface area contributed by atoms with Crippen molar-refractivity contribution in [1.29, 1.82) is 0 Å². The maximum atomic E-state index is 4.71. The molecule has 0 spiro atoms. The average molecular weight is 242 g/mol. The van der Waals surface area contributed by atoms with Crippen LogP contribution in [0.15, 0.2) is 6.07 Å². The molecule has 4 heteroatoms. The molecule has 0 bridgehead atoms. The molecule has 0 aromatic carbocycles. The quantitative estimate of drug-likeness (QED) is 0.640. The molecule has 0 aliphatic carbocycles. The first kappa shape index (κ1) is 11.6. The van der Waals surface area contributed by atoms with E-state index >= 15 is 0 Å². The summed E-state index contributed by atoms with van der Waals surface area (Å²) in [6.07, 6.45) is 2.42. The topological polar surface area (TPSA) is 17.8 Å². The van der Waals surface area contributed by atoms with Crippen LogP contribution in [-0.4, -0.2) is 9.78 Å². The van der Waals surface area contributed by atoms with Crippen LogP contribution >= 0.6 is 18.5 Å². The summed E-state index contributed by atoms with van der Waals surface area (Å²) in [6, 6.07) is 2.26. The Morgan fingerprint density at radius 2 is 2.07 bits per heavy atom. The van der Waals surface area contributed by atoms with E-state index in [4.69, 9.17) is 5.10 Å². The van der Waals surface area contributed by atoms with Crippen molar-refractivity contribution in [3.63, 3.8) is 0 Å². The molecule has 1 aromatic heterocycles. The highest BCUT2D eigenvalue weighted by atomic mass is 31.1. The highest BCUT2D eigenvalue weighted by Gasteiger charge is 2.31. The van der Waals surface area contributed by atoms with Gasteiger partial charge in [0.1, 0.15) is 0 Å². The van der Waals surface area contributed by atoms with Crippen molar-refractivity contribution in [2.45, 2.75) is 50.5 Å². The first-order valence-electron chi connectivity index (χ1n) is 5.47. The van der Waals surface area contributed by atoms with Crippen LogP contribution in [0, 0.1) is 0 Å². The highest BCUT2D eigenvalue weighted by molar-refractivity contribution is 7.39. The van der Waals surface area contributed by atoms with Crippen LogP contribution in [0.4, 0.5) is 0 Å². The Morgan fingerprint density at radius 3 is 2.60 bits per heavy atom.